The maximum absolute atomic E-state index is 13.2. The second-order valence-corrected chi connectivity index (χ2v) is 11.6. The maximum atomic E-state index is 13.2. The maximum Gasteiger partial charge on any atom is 0.254 e. The summed E-state index contributed by atoms with van der Waals surface area (Å²) in [5.41, 5.74) is 2.20. The van der Waals surface area contributed by atoms with Gasteiger partial charge >= 0.3 is 0 Å². The number of benzene rings is 1. The smallest absolute Gasteiger partial charge is 0.254 e. The van der Waals surface area contributed by atoms with Crippen LogP contribution in [0.4, 0.5) is 5.82 Å². The number of nitrogens with zero attached hydrogens (tertiary/aromatic N) is 4. The Morgan fingerprint density at radius 1 is 0.972 bits per heavy atom. The summed E-state index contributed by atoms with van der Waals surface area (Å²) in [6.07, 6.45) is 12.5. The van der Waals surface area contributed by atoms with Gasteiger partial charge in [0.25, 0.3) is 5.91 Å². The quantitative estimate of drug-likeness (QED) is 0.409. The number of hydrogen-bond acceptors (Lipinski definition) is 6. The van der Waals surface area contributed by atoms with E-state index in [2.05, 4.69) is 4.90 Å². The predicted molar refractivity (Wildman–Crippen MR) is 146 cm³/mol. The number of anilines is 1. The molecule has 1 aliphatic heterocycles. The first-order valence-corrected chi connectivity index (χ1v) is 14.5. The lowest BCUT2D eigenvalue weighted by molar-refractivity contribution is 0.0746. The van der Waals surface area contributed by atoms with Crippen molar-refractivity contribution in [2.24, 2.45) is 0 Å². The first kappa shape index (κ1) is 23.7. The molecule has 6 nitrogen and oxygen atoms in total. The van der Waals surface area contributed by atoms with Crippen LogP contribution in [0.3, 0.4) is 0 Å². The summed E-state index contributed by atoms with van der Waals surface area (Å²) in [5.74, 6) is 3.47. The fraction of sp³-hybridized carbons (Fsp3) is 0.552. The van der Waals surface area contributed by atoms with Crippen LogP contribution in [0.5, 0.6) is 5.75 Å². The molecule has 1 saturated heterocycles. The van der Waals surface area contributed by atoms with Gasteiger partial charge in [-0.05, 0) is 62.3 Å². The van der Waals surface area contributed by atoms with Crippen LogP contribution < -0.4 is 9.64 Å². The molecule has 190 valence electrons. The van der Waals surface area contributed by atoms with Crippen molar-refractivity contribution in [1.29, 1.82) is 0 Å². The summed E-state index contributed by atoms with van der Waals surface area (Å²) < 4.78 is 5.32. The first-order chi connectivity index (χ1) is 17.7. The number of rotatable bonds is 4. The lowest BCUT2D eigenvalue weighted by atomic mass is 9.88. The third-order valence-electron chi connectivity index (χ3n) is 8.22. The second-order valence-electron chi connectivity index (χ2n) is 10.5. The van der Waals surface area contributed by atoms with E-state index >= 15 is 0 Å². The number of ether oxygens (including phenoxy) is 1. The van der Waals surface area contributed by atoms with E-state index < -0.39 is 0 Å². The summed E-state index contributed by atoms with van der Waals surface area (Å²) in [5, 5.41) is 1.31. The number of methoxy groups -OCH3 is 1. The van der Waals surface area contributed by atoms with Crippen molar-refractivity contribution >= 4 is 33.3 Å². The number of fused-ring (bicyclic) bond motifs is 3. The zero-order valence-corrected chi connectivity index (χ0v) is 22.1. The molecule has 0 bridgehead atoms. The SMILES string of the molecule is COc1cccc(C(=O)N2CCN(c3nc(C4CCCCC4)nc4sc5c(c34)CCCCC5)CC2)c1. The van der Waals surface area contributed by atoms with Crippen molar-refractivity contribution in [1.82, 2.24) is 14.9 Å². The van der Waals surface area contributed by atoms with E-state index in [-0.39, 0.29) is 5.91 Å². The highest BCUT2D eigenvalue weighted by molar-refractivity contribution is 7.19. The molecule has 36 heavy (non-hydrogen) atoms. The van der Waals surface area contributed by atoms with Crippen molar-refractivity contribution in [2.75, 3.05) is 38.2 Å². The zero-order chi connectivity index (χ0) is 24.5. The van der Waals surface area contributed by atoms with Crippen molar-refractivity contribution in [2.45, 2.75) is 70.1 Å². The molecule has 2 aliphatic carbocycles. The molecule has 1 amide bonds. The molecule has 0 unspecified atom stereocenters. The highest BCUT2D eigenvalue weighted by atomic mass is 32.1. The van der Waals surface area contributed by atoms with Gasteiger partial charge in [-0.15, -0.1) is 11.3 Å². The molecule has 1 aromatic carbocycles. The third-order valence-corrected chi connectivity index (χ3v) is 9.40. The standard InChI is InChI=1S/C29H36N4O2S/c1-35-22-12-8-11-21(19-22)29(34)33-17-15-32(16-18-33)27-25-23-13-6-3-7-14-24(23)36-28(25)31-26(30-27)20-9-4-2-5-10-20/h8,11-12,19-20H,2-7,9-10,13-18H2,1H3. The number of hydrogen-bond donors (Lipinski definition) is 0. The average molecular weight is 505 g/mol. The molecule has 0 radical (unpaired) electrons. The van der Waals surface area contributed by atoms with Crippen LogP contribution in [-0.4, -0.2) is 54.1 Å². The van der Waals surface area contributed by atoms with Crippen LogP contribution in [0, 0.1) is 0 Å². The molecule has 3 aliphatic rings. The number of piperazine rings is 1. The van der Waals surface area contributed by atoms with Gasteiger partial charge in [-0.3, -0.25) is 4.79 Å². The highest BCUT2D eigenvalue weighted by Crippen LogP contribution is 2.41. The van der Waals surface area contributed by atoms with Gasteiger partial charge in [0.05, 0.1) is 12.5 Å². The van der Waals surface area contributed by atoms with Crippen molar-refractivity contribution in [3.63, 3.8) is 0 Å². The Morgan fingerprint density at radius 2 is 1.75 bits per heavy atom. The summed E-state index contributed by atoms with van der Waals surface area (Å²) in [6.45, 7) is 3.01. The van der Waals surface area contributed by atoms with E-state index in [0.29, 0.717) is 24.6 Å². The number of amides is 1. The molecule has 6 rings (SSSR count). The van der Waals surface area contributed by atoms with E-state index in [4.69, 9.17) is 14.7 Å². The zero-order valence-electron chi connectivity index (χ0n) is 21.3. The highest BCUT2D eigenvalue weighted by Gasteiger charge is 2.29. The summed E-state index contributed by atoms with van der Waals surface area (Å²) >= 11 is 1.92. The van der Waals surface area contributed by atoms with Gasteiger partial charge in [-0.25, -0.2) is 9.97 Å². The van der Waals surface area contributed by atoms with Gasteiger partial charge < -0.3 is 14.5 Å². The second kappa shape index (κ2) is 10.4. The van der Waals surface area contributed by atoms with Gasteiger partial charge in [0.2, 0.25) is 0 Å². The van der Waals surface area contributed by atoms with Gasteiger partial charge in [0, 0.05) is 42.5 Å². The number of aromatic nitrogens is 2. The molecule has 3 heterocycles. The Labute approximate surface area is 217 Å². The molecule has 2 aromatic heterocycles. The van der Waals surface area contributed by atoms with Crippen LogP contribution >= 0.6 is 11.3 Å². The van der Waals surface area contributed by atoms with Crippen LogP contribution in [-0.2, 0) is 12.8 Å². The van der Waals surface area contributed by atoms with E-state index in [1.165, 1.54) is 78.4 Å². The Hall–Kier alpha value is -2.67. The van der Waals surface area contributed by atoms with E-state index in [0.717, 1.165) is 36.9 Å². The lowest BCUT2D eigenvalue weighted by Gasteiger charge is -2.36. The van der Waals surface area contributed by atoms with Crippen molar-refractivity contribution in [3.8, 4) is 5.75 Å². The summed E-state index contributed by atoms with van der Waals surface area (Å²) in [7, 11) is 1.64. The molecule has 0 atom stereocenters. The fourth-order valence-electron chi connectivity index (χ4n) is 6.16. The molecule has 0 spiro atoms. The van der Waals surface area contributed by atoms with Crippen LogP contribution in [0.2, 0.25) is 0 Å². The molecule has 7 heteroatoms. The monoisotopic (exact) mass is 504 g/mol. The van der Waals surface area contributed by atoms with Crippen LogP contribution in [0.25, 0.3) is 10.2 Å². The Morgan fingerprint density at radius 3 is 2.56 bits per heavy atom. The number of thiophene rings is 1. The van der Waals surface area contributed by atoms with Gasteiger partial charge in [-0.1, -0.05) is 31.7 Å². The minimum absolute atomic E-state index is 0.0775. The summed E-state index contributed by atoms with van der Waals surface area (Å²) in [4.78, 5) is 30.8. The lowest BCUT2D eigenvalue weighted by Crippen LogP contribution is -2.49. The fourth-order valence-corrected chi connectivity index (χ4v) is 7.43. The molecular weight excluding hydrogens is 468 g/mol. The van der Waals surface area contributed by atoms with Gasteiger partial charge in [0.1, 0.15) is 22.2 Å². The van der Waals surface area contributed by atoms with Gasteiger partial charge in [0.15, 0.2) is 0 Å². The van der Waals surface area contributed by atoms with Crippen LogP contribution in [0.1, 0.15) is 83.9 Å². The van der Waals surface area contributed by atoms with Crippen molar-refractivity contribution in [3.05, 3.63) is 46.1 Å². The summed E-state index contributed by atoms with van der Waals surface area (Å²) in [6, 6.07) is 7.47. The molecular formula is C29H36N4O2S. The largest absolute Gasteiger partial charge is 0.497 e. The predicted octanol–water partition coefficient (Wildman–Crippen LogP) is 5.98. The average Bonchev–Trinajstić information content (AvgIpc) is 3.13. The normalized spacial score (nSPS) is 19.2. The Bertz CT molecular complexity index is 1240. The first-order valence-electron chi connectivity index (χ1n) is 13.7. The minimum atomic E-state index is 0.0775. The number of aryl methyl sites for hydroxylation is 2. The topological polar surface area (TPSA) is 58.6 Å². The van der Waals surface area contributed by atoms with Crippen molar-refractivity contribution < 1.29 is 9.53 Å². The molecule has 0 N–H and O–H groups in total. The van der Waals surface area contributed by atoms with E-state index in [1.807, 2.05) is 40.5 Å². The Kier molecular flexibility index (Phi) is 6.83. The number of carbonyl (C=O) groups excluding carboxylic acids is 1. The van der Waals surface area contributed by atoms with E-state index in [1.54, 1.807) is 7.11 Å². The molecule has 1 saturated carbocycles. The van der Waals surface area contributed by atoms with E-state index in [9.17, 15) is 4.79 Å². The molecule has 3 aromatic rings. The molecule has 2 fully saturated rings. The third kappa shape index (κ3) is 4.58. The minimum Gasteiger partial charge on any atom is -0.497 e. The Balaban J connectivity index is 1.30. The van der Waals surface area contributed by atoms with Crippen LogP contribution in [0.15, 0.2) is 24.3 Å². The number of carbonyl (C=O) groups is 1. The van der Waals surface area contributed by atoms with Gasteiger partial charge in [-0.2, -0.15) is 0 Å².